The van der Waals surface area contributed by atoms with Gasteiger partial charge in [0.15, 0.2) is 5.69 Å². The van der Waals surface area contributed by atoms with Gasteiger partial charge >= 0.3 is 18.3 Å². The Morgan fingerprint density at radius 1 is 1.03 bits per heavy atom. The first-order valence-electron chi connectivity index (χ1n) is 11.8. The number of likely N-dealkylation sites (tertiary alicyclic amines) is 1. The molecule has 2 aromatic rings. The van der Waals surface area contributed by atoms with Crippen molar-refractivity contribution in [3.05, 3.63) is 59.2 Å². The van der Waals surface area contributed by atoms with Crippen molar-refractivity contribution in [2.24, 2.45) is 11.8 Å². The first-order chi connectivity index (χ1) is 16.8. The summed E-state index contributed by atoms with van der Waals surface area (Å²) in [6, 6.07) is 3.92. The van der Waals surface area contributed by atoms with Crippen LogP contribution in [0.1, 0.15) is 80.6 Å². The van der Waals surface area contributed by atoms with E-state index in [4.69, 9.17) is 0 Å². The van der Waals surface area contributed by atoms with Crippen molar-refractivity contribution in [2.75, 3.05) is 6.54 Å². The van der Waals surface area contributed by atoms with Gasteiger partial charge < -0.3 is 5.11 Å². The third-order valence-electron chi connectivity index (χ3n) is 6.56. The number of aromatic nitrogens is 2. The van der Waals surface area contributed by atoms with Crippen LogP contribution < -0.4 is 0 Å². The summed E-state index contributed by atoms with van der Waals surface area (Å²) in [5.74, 6) is -0.843. The van der Waals surface area contributed by atoms with Gasteiger partial charge in [-0.2, -0.15) is 26.3 Å². The molecule has 0 spiro atoms. The molecule has 1 aromatic heterocycles. The molecule has 1 aliphatic heterocycles. The SMILES string of the molecule is CC(C)CC[C@H](c1cnc(C(F)(F)F)cn1)N1CC[C@@H](CC(=O)O)C[C@H]1c1ccc(C(F)(F)F)cc1. The smallest absolute Gasteiger partial charge is 0.434 e. The van der Waals surface area contributed by atoms with Crippen molar-refractivity contribution in [1.29, 1.82) is 0 Å². The van der Waals surface area contributed by atoms with E-state index in [9.17, 15) is 36.2 Å². The molecule has 0 radical (unpaired) electrons. The van der Waals surface area contributed by atoms with Gasteiger partial charge in [0.05, 0.1) is 29.7 Å². The van der Waals surface area contributed by atoms with Crippen LogP contribution in [0.4, 0.5) is 26.3 Å². The molecular weight excluding hydrogens is 488 g/mol. The van der Waals surface area contributed by atoms with Gasteiger partial charge in [0, 0.05) is 12.5 Å². The number of carbonyl (C=O) groups is 1. The summed E-state index contributed by atoms with van der Waals surface area (Å²) in [4.78, 5) is 21.0. The van der Waals surface area contributed by atoms with E-state index in [2.05, 4.69) is 9.97 Å². The van der Waals surface area contributed by atoms with Gasteiger partial charge in [-0.15, -0.1) is 0 Å². The van der Waals surface area contributed by atoms with Gasteiger partial charge in [-0.1, -0.05) is 26.0 Å². The number of carboxylic acid groups (broad SMARTS) is 1. The van der Waals surface area contributed by atoms with Crippen LogP contribution in [0.5, 0.6) is 0 Å². The highest BCUT2D eigenvalue weighted by atomic mass is 19.4. The van der Waals surface area contributed by atoms with E-state index in [1.54, 1.807) is 0 Å². The molecule has 2 heterocycles. The number of piperidine rings is 1. The monoisotopic (exact) mass is 517 g/mol. The van der Waals surface area contributed by atoms with Crippen molar-refractivity contribution < 1.29 is 36.2 Å². The lowest BCUT2D eigenvalue weighted by molar-refractivity contribution is -0.141. The standard InChI is InChI=1S/C25H29F6N3O2/c1-15(2)3-8-20(19-13-33-22(14-32-19)25(29,30)31)34-10-9-16(12-23(35)36)11-21(34)17-4-6-18(7-5-17)24(26,27)28/h4-7,13-16,20-21H,3,8-12H2,1-2H3,(H,35,36)/t16-,20-,21+/m1/s1. The number of alkyl halides is 6. The Hall–Kier alpha value is -2.69. The highest BCUT2D eigenvalue weighted by Gasteiger charge is 2.38. The molecule has 1 N–H and O–H groups in total. The van der Waals surface area contributed by atoms with Crippen molar-refractivity contribution in [3.8, 4) is 0 Å². The molecule has 198 valence electrons. The number of nitrogens with zero attached hydrogens (tertiary/aromatic N) is 3. The summed E-state index contributed by atoms with van der Waals surface area (Å²) in [5.41, 5.74) is -0.960. The molecular formula is C25H29F6N3O2. The van der Waals surface area contributed by atoms with Crippen LogP contribution in [0, 0.1) is 11.8 Å². The summed E-state index contributed by atoms with van der Waals surface area (Å²) < 4.78 is 78.5. The topological polar surface area (TPSA) is 66.3 Å². The summed E-state index contributed by atoms with van der Waals surface area (Å²) in [6.07, 6.45) is -5.16. The molecule has 1 aromatic carbocycles. The number of halogens is 6. The van der Waals surface area contributed by atoms with Gasteiger partial charge in [-0.25, -0.2) is 4.98 Å². The Morgan fingerprint density at radius 3 is 2.19 bits per heavy atom. The van der Waals surface area contributed by atoms with Crippen LogP contribution in [-0.2, 0) is 17.1 Å². The minimum atomic E-state index is -4.63. The van der Waals surface area contributed by atoms with Crippen LogP contribution in [0.2, 0.25) is 0 Å². The summed E-state index contributed by atoms with van der Waals surface area (Å²) in [6.45, 7) is 4.46. The largest absolute Gasteiger partial charge is 0.481 e. The predicted molar refractivity (Wildman–Crippen MR) is 120 cm³/mol. The number of benzene rings is 1. The van der Waals surface area contributed by atoms with Crippen LogP contribution >= 0.6 is 0 Å². The second-order valence-electron chi connectivity index (χ2n) is 9.67. The Bertz CT molecular complexity index is 1010. The average molecular weight is 518 g/mol. The lowest BCUT2D eigenvalue weighted by Crippen LogP contribution is -2.40. The quantitative estimate of drug-likeness (QED) is 0.385. The second-order valence-corrected chi connectivity index (χ2v) is 9.67. The zero-order valence-corrected chi connectivity index (χ0v) is 20.0. The fourth-order valence-corrected chi connectivity index (χ4v) is 4.71. The number of aliphatic carboxylic acids is 1. The Labute approximate surface area is 205 Å². The van der Waals surface area contributed by atoms with Crippen molar-refractivity contribution in [2.45, 2.75) is 70.4 Å². The van der Waals surface area contributed by atoms with Gasteiger partial charge in [-0.3, -0.25) is 14.7 Å². The average Bonchev–Trinajstić information content (AvgIpc) is 2.78. The first kappa shape index (κ1) is 27.9. The fraction of sp³-hybridized carbons (Fsp3) is 0.560. The number of rotatable bonds is 8. The maximum atomic E-state index is 13.1. The second kappa shape index (κ2) is 11.1. The zero-order chi connectivity index (χ0) is 26.7. The maximum Gasteiger partial charge on any atom is 0.434 e. The van der Waals surface area contributed by atoms with E-state index in [-0.39, 0.29) is 12.3 Å². The highest BCUT2D eigenvalue weighted by molar-refractivity contribution is 5.67. The third kappa shape index (κ3) is 7.18. The van der Waals surface area contributed by atoms with Crippen LogP contribution in [0.25, 0.3) is 0 Å². The lowest BCUT2D eigenvalue weighted by atomic mass is 9.83. The zero-order valence-electron chi connectivity index (χ0n) is 20.0. The molecule has 1 saturated heterocycles. The molecule has 0 amide bonds. The third-order valence-corrected chi connectivity index (χ3v) is 6.56. The van der Waals surface area contributed by atoms with E-state index in [1.807, 2.05) is 18.7 Å². The van der Waals surface area contributed by atoms with Gasteiger partial charge in [0.2, 0.25) is 0 Å². The number of carboxylic acids is 1. The van der Waals surface area contributed by atoms with Crippen LogP contribution in [0.3, 0.4) is 0 Å². The minimum absolute atomic E-state index is 0.0677. The molecule has 0 unspecified atom stereocenters. The lowest BCUT2D eigenvalue weighted by Gasteiger charge is -2.44. The Morgan fingerprint density at radius 2 is 1.69 bits per heavy atom. The van der Waals surface area contributed by atoms with Gasteiger partial charge in [0.1, 0.15) is 0 Å². The van der Waals surface area contributed by atoms with Crippen LogP contribution in [-0.4, -0.2) is 32.5 Å². The fourth-order valence-electron chi connectivity index (χ4n) is 4.71. The summed E-state index contributed by atoms with van der Waals surface area (Å²) in [5, 5.41) is 9.29. The number of hydrogen-bond acceptors (Lipinski definition) is 4. The molecule has 1 fully saturated rings. The first-order valence-corrected chi connectivity index (χ1v) is 11.8. The van der Waals surface area contributed by atoms with E-state index >= 15 is 0 Å². The summed E-state index contributed by atoms with van der Waals surface area (Å²) in [7, 11) is 0. The predicted octanol–water partition coefficient (Wildman–Crippen LogP) is 6.92. The number of hydrogen-bond donors (Lipinski definition) is 1. The maximum absolute atomic E-state index is 13.1. The van der Waals surface area contributed by atoms with E-state index in [0.29, 0.717) is 49.2 Å². The molecule has 0 aliphatic carbocycles. The molecule has 11 heteroatoms. The molecule has 0 saturated carbocycles. The molecule has 1 aliphatic rings. The highest BCUT2D eigenvalue weighted by Crippen LogP contribution is 2.43. The molecule has 5 nitrogen and oxygen atoms in total. The van der Waals surface area contributed by atoms with Crippen molar-refractivity contribution >= 4 is 5.97 Å². The van der Waals surface area contributed by atoms with E-state index in [1.165, 1.54) is 12.1 Å². The molecule has 3 rings (SSSR count). The Kier molecular flexibility index (Phi) is 8.63. The van der Waals surface area contributed by atoms with Gasteiger partial charge in [0.25, 0.3) is 0 Å². The minimum Gasteiger partial charge on any atom is -0.481 e. The summed E-state index contributed by atoms with van der Waals surface area (Å²) >= 11 is 0. The van der Waals surface area contributed by atoms with Gasteiger partial charge in [-0.05, 0) is 61.8 Å². The van der Waals surface area contributed by atoms with Crippen LogP contribution in [0.15, 0.2) is 36.7 Å². The molecule has 3 atom stereocenters. The van der Waals surface area contributed by atoms with E-state index < -0.39 is 41.7 Å². The normalized spacial score (nSPS) is 20.5. The molecule has 36 heavy (non-hydrogen) atoms. The van der Waals surface area contributed by atoms with Crippen molar-refractivity contribution in [1.82, 2.24) is 14.9 Å². The van der Waals surface area contributed by atoms with Crippen molar-refractivity contribution in [3.63, 3.8) is 0 Å². The molecule has 0 bridgehead atoms. The van der Waals surface area contributed by atoms with E-state index in [0.717, 1.165) is 24.8 Å². The Balaban J connectivity index is 1.99.